The summed E-state index contributed by atoms with van der Waals surface area (Å²) in [5.74, 6) is 0. The molecule has 0 saturated carbocycles. The molecule has 2 heteroatoms. The molecule has 2 aliphatic rings. The van der Waals surface area contributed by atoms with Gasteiger partial charge in [-0.15, -0.1) is 0 Å². The van der Waals surface area contributed by atoms with Crippen LogP contribution < -0.4 is 4.90 Å². The Labute approximate surface area is 158 Å². The van der Waals surface area contributed by atoms with E-state index in [-0.39, 0.29) is 0 Å². The van der Waals surface area contributed by atoms with Gasteiger partial charge in [-0.1, -0.05) is 48.9 Å². The topological polar surface area (TPSA) is 6.48 Å². The van der Waals surface area contributed by atoms with Crippen LogP contribution in [0.15, 0.2) is 48.5 Å². The summed E-state index contributed by atoms with van der Waals surface area (Å²) in [5, 5.41) is 0. The van der Waals surface area contributed by atoms with E-state index in [4.69, 9.17) is 0 Å². The summed E-state index contributed by atoms with van der Waals surface area (Å²) >= 11 is 0. The van der Waals surface area contributed by atoms with Crippen molar-refractivity contribution >= 4 is 5.69 Å². The standard InChI is InChI=1S/C24H32N2/c1-19-9-3-6-13-24(19)26(16-14-22-12-7-8-15-25(22)2)23-17-20-10-4-5-11-21(20)18-23/h3-6,9-11,13,22-23H,7-8,12,14-18H2,1-2H3. The van der Waals surface area contributed by atoms with Gasteiger partial charge in [-0.25, -0.2) is 0 Å². The van der Waals surface area contributed by atoms with E-state index in [9.17, 15) is 0 Å². The Morgan fingerprint density at radius 2 is 1.65 bits per heavy atom. The van der Waals surface area contributed by atoms with Crippen LogP contribution in [0.4, 0.5) is 5.69 Å². The molecule has 1 heterocycles. The van der Waals surface area contributed by atoms with E-state index in [0.717, 1.165) is 6.04 Å². The van der Waals surface area contributed by atoms with Crippen LogP contribution in [0, 0.1) is 6.92 Å². The third kappa shape index (κ3) is 3.66. The molecule has 2 aromatic rings. The van der Waals surface area contributed by atoms with Gasteiger partial charge in [0.15, 0.2) is 0 Å². The molecule has 1 saturated heterocycles. The van der Waals surface area contributed by atoms with Gasteiger partial charge in [0.05, 0.1) is 0 Å². The molecule has 1 aliphatic carbocycles. The van der Waals surface area contributed by atoms with Crippen molar-refractivity contribution in [3.63, 3.8) is 0 Å². The summed E-state index contributed by atoms with van der Waals surface area (Å²) < 4.78 is 0. The van der Waals surface area contributed by atoms with Gasteiger partial charge in [0.2, 0.25) is 0 Å². The molecule has 0 spiro atoms. The first-order valence-electron chi connectivity index (χ1n) is 10.3. The second kappa shape index (κ2) is 7.84. The average molecular weight is 349 g/mol. The third-order valence-corrected chi connectivity index (χ3v) is 6.52. The summed E-state index contributed by atoms with van der Waals surface area (Å²) in [6.07, 6.45) is 7.78. The Balaban J connectivity index is 1.54. The number of anilines is 1. The minimum atomic E-state index is 0.599. The molecule has 2 aromatic carbocycles. The molecular weight excluding hydrogens is 316 g/mol. The lowest BCUT2D eigenvalue weighted by atomic mass is 9.99. The molecule has 0 bridgehead atoms. The third-order valence-electron chi connectivity index (χ3n) is 6.52. The zero-order valence-corrected chi connectivity index (χ0v) is 16.3. The van der Waals surface area contributed by atoms with Crippen molar-refractivity contribution in [2.45, 2.75) is 57.5 Å². The highest BCUT2D eigenvalue weighted by Crippen LogP contribution is 2.31. The Morgan fingerprint density at radius 1 is 0.962 bits per heavy atom. The SMILES string of the molecule is Cc1ccccc1N(CCC1CCCCN1C)C1Cc2ccccc2C1. The predicted molar refractivity (Wildman–Crippen MR) is 111 cm³/mol. The largest absolute Gasteiger partial charge is 0.368 e. The zero-order chi connectivity index (χ0) is 17.9. The fraction of sp³-hybridized carbons (Fsp3) is 0.500. The molecule has 1 fully saturated rings. The first kappa shape index (κ1) is 17.6. The van der Waals surface area contributed by atoms with Gasteiger partial charge < -0.3 is 9.80 Å². The van der Waals surface area contributed by atoms with Crippen LogP contribution in [0.1, 0.15) is 42.4 Å². The highest BCUT2D eigenvalue weighted by atomic mass is 15.2. The zero-order valence-electron chi connectivity index (χ0n) is 16.3. The van der Waals surface area contributed by atoms with Crippen LogP contribution >= 0.6 is 0 Å². The van der Waals surface area contributed by atoms with Crippen molar-refractivity contribution < 1.29 is 0 Å². The number of aryl methyl sites for hydroxylation is 1. The monoisotopic (exact) mass is 348 g/mol. The number of hydrogen-bond donors (Lipinski definition) is 0. The maximum absolute atomic E-state index is 2.72. The molecule has 26 heavy (non-hydrogen) atoms. The molecular formula is C24H32N2. The number of piperidine rings is 1. The Hall–Kier alpha value is -1.80. The number of para-hydroxylation sites is 1. The normalized spacial score (nSPS) is 20.9. The molecule has 1 atom stereocenters. The van der Waals surface area contributed by atoms with E-state index < -0.39 is 0 Å². The first-order valence-corrected chi connectivity index (χ1v) is 10.3. The highest BCUT2D eigenvalue weighted by Gasteiger charge is 2.28. The quantitative estimate of drug-likeness (QED) is 0.762. The fourth-order valence-corrected chi connectivity index (χ4v) is 4.94. The molecule has 0 aromatic heterocycles. The van der Waals surface area contributed by atoms with Crippen molar-refractivity contribution in [2.75, 3.05) is 25.0 Å². The summed E-state index contributed by atoms with van der Waals surface area (Å²) in [7, 11) is 2.31. The van der Waals surface area contributed by atoms with Gasteiger partial charge in [-0.2, -0.15) is 0 Å². The van der Waals surface area contributed by atoms with Gasteiger partial charge in [-0.05, 0) is 75.4 Å². The number of hydrogen-bond acceptors (Lipinski definition) is 2. The number of likely N-dealkylation sites (tertiary alicyclic amines) is 1. The Kier molecular flexibility index (Phi) is 5.31. The molecule has 1 unspecified atom stereocenters. The Bertz CT molecular complexity index is 713. The predicted octanol–water partition coefficient (Wildman–Crippen LogP) is 4.84. The number of benzene rings is 2. The smallest absolute Gasteiger partial charge is 0.0398 e. The van der Waals surface area contributed by atoms with E-state index in [1.807, 2.05) is 0 Å². The van der Waals surface area contributed by atoms with E-state index in [0.29, 0.717) is 6.04 Å². The summed E-state index contributed by atoms with van der Waals surface area (Å²) in [6, 6.07) is 19.3. The van der Waals surface area contributed by atoms with Crippen LogP contribution in [0.3, 0.4) is 0 Å². The maximum Gasteiger partial charge on any atom is 0.0398 e. The second-order valence-electron chi connectivity index (χ2n) is 8.23. The van der Waals surface area contributed by atoms with E-state index in [1.165, 1.54) is 62.9 Å². The molecule has 2 nitrogen and oxygen atoms in total. The Morgan fingerprint density at radius 3 is 2.35 bits per heavy atom. The lowest BCUT2D eigenvalue weighted by Crippen LogP contribution is -2.42. The lowest BCUT2D eigenvalue weighted by molar-refractivity contribution is 0.177. The number of fused-ring (bicyclic) bond motifs is 1. The van der Waals surface area contributed by atoms with Crippen molar-refractivity contribution in [3.8, 4) is 0 Å². The maximum atomic E-state index is 2.72. The fourth-order valence-electron chi connectivity index (χ4n) is 4.94. The van der Waals surface area contributed by atoms with Gasteiger partial charge in [0, 0.05) is 24.3 Å². The molecule has 0 amide bonds. The van der Waals surface area contributed by atoms with Crippen molar-refractivity contribution in [3.05, 3.63) is 65.2 Å². The molecule has 1 aliphatic heterocycles. The van der Waals surface area contributed by atoms with Crippen molar-refractivity contribution in [1.82, 2.24) is 4.90 Å². The lowest BCUT2D eigenvalue weighted by Gasteiger charge is -2.37. The van der Waals surface area contributed by atoms with E-state index >= 15 is 0 Å². The van der Waals surface area contributed by atoms with Crippen LogP contribution in [0.2, 0.25) is 0 Å². The minimum absolute atomic E-state index is 0.599. The van der Waals surface area contributed by atoms with Crippen LogP contribution in [-0.4, -0.2) is 37.1 Å². The average Bonchev–Trinajstić information content (AvgIpc) is 3.08. The van der Waals surface area contributed by atoms with E-state index in [2.05, 4.69) is 72.3 Å². The van der Waals surface area contributed by atoms with Gasteiger partial charge in [0.25, 0.3) is 0 Å². The minimum Gasteiger partial charge on any atom is -0.368 e. The van der Waals surface area contributed by atoms with Gasteiger partial charge in [-0.3, -0.25) is 0 Å². The van der Waals surface area contributed by atoms with Crippen LogP contribution in [0.25, 0.3) is 0 Å². The summed E-state index contributed by atoms with van der Waals surface area (Å²) in [4.78, 5) is 5.31. The van der Waals surface area contributed by atoms with Crippen LogP contribution in [-0.2, 0) is 12.8 Å². The first-order chi connectivity index (χ1) is 12.7. The number of nitrogens with zero attached hydrogens (tertiary/aromatic N) is 2. The summed E-state index contributed by atoms with van der Waals surface area (Å²) in [5.41, 5.74) is 5.93. The van der Waals surface area contributed by atoms with Gasteiger partial charge >= 0.3 is 0 Å². The molecule has 0 radical (unpaired) electrons. The molecule has 0 N–H and O–H groups in total. The van der Waals surface area contributed by atoms with Gasteiger partial charge in [0.1, 0.15) is 0 Å². The summed E-state index contributed by atoms with van der Waals surface area (Å²) in [6.45, 7) is 4.69. The highest BCUT2D eigenvalue weighted by molar-refractivity contribution is 5.55. The van der Waals surface area contributed by atoms with Crippen molar-refractivity contribution in [2.24, 2.45) is 0 Å². The van der Waals surface area contributed by atoms with Crippen molar-refractivity contribution in [1.29, 1.82) is 0 Å². The number of rotatable bonds is 5. The van der Waals surface area contributed by atoms with Crippen LogP contribution in [0.5, 0.6) is 0 Å². The second-order valence-corrected chi connectivity index (χ2v) is 8.23. The van der Waals surface area contributed by atoms with E-state index in [1.54, 1.807) is 11.1 Å². The molecule has 4 rings (SSSR count). The molecule has 138 valence electrons.